The van der Waals surface area contributed by atoms with Gasteiger partial charge < -0.3 is 24.1 Å². The molecule has 3 aromatic rings. The summed E-state index contributed by atoms with van der Waals surface area (Å²) in [7, 11) is 6.19. The summed E-state index contributed by atoms with van der Waals surface area (Å²) in [5, 5.41) is 0. The number of imidazole rings is 1. The molecule has 2 aromatic heterocycles. The van der Waals surface area contributed by atoms with Crippen LogP contribution in [0.3, 0.4) is 0 Å². The molecule has 3 rings (SSSR count). The van der Waals surface area contributed by atoms with Crippen LogP contribution >= 0.6 is 0 Å². The topological polar surface area (TPSA) is 118 Å². The number of hydrogen-bond acceptors (Lipinski definition) is 6. The van der Waals surface area contributed by atoms with Gasteiger partial charge in [0.05, 0.1) is 12.1 Å². The van der Waals surface area contributed by atoms with Crippen LogP contribution in [0.1, 0.15) is 43.1 Å². The molecule has 220 valence electrons. The first-order valence-electron chi connectivity index (χ1n) is 13.2. The Labute approximate surface area is 236 Å². The van der Waals surface area contributed by atoms with Crippen molar-refractivity contribution in [3.63, 3.8) is 0 Å². The van der Waals surface area contributed by atoms with E-state index in [0.717, 1.165) is 6.07 Å². The average Bonchev–Trinajstić information content (AvgIpc) is 3.34. The molecule has 0 unspecified atom stereocenters. The average molecular weight is 572 g/mol. The molecule has 10 nitrogen and oxygen atoms in total. The Morgan fingerprint density at radius 2 is 1.88 bits per heavy atom. The maximum Gasteiger partial charge on any atom is 0.409 e. The van der Waals surface area contributed by atoms with Crippen molar-refractivity contribution in [3.05, 3.63) is 75.5 Å². The molecular formula is C29H35F2N5O5. The van der Waals surface area contributed by atoms with Gasteiger partial charge in [0.1, 0.15) is 17.2 Å². The van der Waals surface area contributed by atoms with Crippen molar-refractivity contribution in [1.29, 1.82) is 0 Å². The van der Waals surface area contributed by atoms with E-state index in [1.54, 1.807) is 26.2 Å². The molecule has 0 aliphatic rings. The summed E-state index contributed by atoms with van der Waals surface area (Å²) in [6, 6.07) is 3.90. The fourth-order valence-corrected chi connectivity index (χ4v) is 4.17. The Kier molecular flexibility index (Phi) is 10.5. The van der Waals surface area contributed by atoms with E-state index in [-0.39, 0.29) is 47.7 Å². The van der Waals surface area contributed by atoms with E-state index in [9.17, 15) is 28.0 Å². The van der Waals surface area contributed by atoms with Crippen molar-refractivity contribution in [2.45, 2.75) is 51.7 Å². The van der Waals surface area contributed by atoms with Gasteiger partial charge in [0.15, 0.2) is 17.7 Å². The molecule has 1 aromatic carbocycles. The molecule has 0 saturated heterocycles. The number of aryl methyl sites for hydroxylation is 1. The highest BCUT2D eigenvalue weighted by molar-refractivity contribution is 5.88. The number of carbonyl (C=O) groups excluding carboxylic acids is 3. The van der Waals surface area contributed by atoms with Gasteiger partial charge in [-0.2, -0.15) is 0 Å². The van der Waals surface area contributed by atoms with E-state index in [0.29, 0.717) is 24.8 Å². The van der Waals surface area contributed by atoms with Gasteiger partial charge in [-0.05, 0) is 31.4 Å². The maximum absolute atomic E-state index is 14.4. The number of allylic oxidation sites excluding steroid dienone is 1. The standard InChI is InChI=1S/C29H35F2N5O5/c1-6-10-19-20(30)16-21(31)27-26(19)32-24(33-27)17-36-14-9-11-18(28(36)39)15-22(37)23(41-29(40)35(4)5)12-7-8-13-25(38)34(2)3/h8-9,11,13-14,16,23H,6-7,10,12,15,17H2,1-5H3,(H,32,33)/b13-8+/t23-/m0/s1. The Bertz CT molecular complexity index is 1510. The quantitative estimate of drug-likeness (QED) is 0.332. The number of benzene rings is 1. The normalized spacial score (nSPS) is 12.1. The van der Waals surface area contributed by atoms with Crippen LogP contribution in [0.2, 0.25) is 0 Å². The number of H-pyrrole nitrogens is 1. The van der Waals surface area contributed by atoms with E-state index in [1.807, 2.05) is 6.92 Å². The zero-order chi connectivity index (χ0) is 30.3. The Balaban J connectivity index is 1.81. The van der Waals surface area contributed by atoms with E-state index in [1.165, 1.54) is 46.8 Å². The number of nitrogens with zero attached hydrogens (tertiary/aromatic N) is 4. The molecule has 0 fully saturated rings. The van der Waals surface area contributed by atoms with E-state index >= 15 is 0 Å². The molecule has 0 bridgehead atoms. The number of ether oxygens (including phenoxy) is 1. The molecule has 0 saturated carbocycles. The predicted molar refractivity (Wildman–Crippen MR) is 150 cm³/mol. The monoisotopic (exact) mass is 571 g/mol. The zero-order valence-electron chi connectivity index (χ0n) is 23.9. The lowest BCUT2D eigenvalue weighted by atomic mass is 10.0. The first-order chi connectivity index (χ1) is 19.4. The molecule has 2 heterocycles. The Morgan fingerprint density at radius 3 is 2.54 bits per heavy atom. The van der Waals surface area contributed by atoms with Gasteiger partial charge in [0.2, 0.25) is 5.91 Å². The molecule has 41 heavy (non-hydrogen) atoms. The van der Waals surface area contributed by atoms with E-state index in [4.69, 9.17) is 4.74 Å². The Hall–Kier alpha value is -4.35. The second kappa shape index (κ2) is 13.8. The second-order valence-corrected chi connectivity index (χ2v) is 10.1. The fourth-order valence-electron chi connectivity index (χ4n) is 4.17. The van der Waals surface area contributed by atoms with Gasteiger partial charge in [-0.3, -0.25) is 14.4 Å². The summed E-state index contributed by atoms with van der Waals surface area (Å²) in [4.78, 5) is 60.1. The molecular weight excluding hydrogens is 536 g/mol. The minimum absolute atomic E-state index is 0.00360. The molecule has 12 heteroatoms. The Morgan fingerprint density at radius 1 is 1.15 bits per heavy atom. The molecule has 0 radical (unpaired) electrons. The van der Waals surface area contributed by atoms with Crippen LogP contribution in [-0.4, -0.2) is 76.4 Å². The number of amides is 2. The fraction of sp³-hybridized carbons (Fsp3) is 0.414. The number of halogens is 2. The largest absolute Gasteiger partial charge is 0.438 e. The molecule has 0 aliphatic carbocycles. The zero-order valence-corrected chi connectivity index (χ0v) is 23.9. The van der Waals surface area contributed by atoms with Gasteiger partial charge in [-0.25, -0.2) is 18.6 Å². The van der Waals surface area contributed by atoms with Gasteiger partial charge in [-0.15, -0.1) is 0 Å². The van der Waals surface area contributed by atoms with Crippen molar-refractivity contribution in [1.82, 2.24) is 24.3 Å². The van der Waals surface area contributed by atoms with Crippen LogP contribution in [-0.2, 0) is 33.7 Å². The number of carbonyl (C=O) groups is 3. The number of Topliss-reactive ketones (excluding diaryl/α,β-unsaturated/α-hetero) is 1. The summed E-state index contributed by atoms with van der Waals surface area (Å²) < 4.78 is 35.5. The number of likely N-dealkylation sites (N-methyl/N-ethyl adjacent to an activating group) is 1. The number of aromatic nitrogens is 3. The third-order valence-electron chi connectivity index (χ3n) is 6.37. The summed E-state index contributed by atoms with van der Waals surface area (Å²) in [5.74, 6) is -1.90. The van der Waals surface area contributed by atoms with E-state index < -0.39 is 35.2 Å². The number of pyridine rings is 1. The van der Waals surface area contributed by atoms with Crippen molar-refractivity contribution in [3.8, 4) is 0 Å². The number of nitrogens with one attached hydrogen (secondary N) is 1. The predicted octanol–water partition coefficient (Wildman–Crippen LogP) is 3.61. The second-order valence-electron chi connectivity index (χ2n) is 10.1. The van der Waals surface area contributed by atoms with Gasteiger partial charge >= 0.3 is 6.09 Å². The lowest BCUT2D eigenvalue weighted by molar-refractivity contribution is -0.127. The van der Waals surface area contributed by atoms with Crippen LogP contribution in [0.25, 0.3) is 11.0 Å². The summed E-state index contributed by atoms with van der Waals surface area (Å²) in [6.45, 7) is 1.82. The molecule has 0 aliphatic heterocycles. The van der Waals surface area contributed by atoms with Crippen LogP contribution in [0.4, 0.5) is 13.6 Å². The summed E-state index contributed by atoms with van der Waals surface area (Å²) in [5.41, 5.74) is 0.271. The van der Waals surface area contributed by atoms with E-state index in [2.05, 4.69) is 9.97 Å². The molecule has 2 amide bonds. The lowest BCUT2D eigenvalue weighted by Crippen LogP contribution is -2.35. The number of rotatable bonds is 12. The van der Waals surface area contributed by atoms with Gasteiger partial charge in [0, 0.05) is 58.0 Å². The van der Waals surface area contributed by atoms with Crippen molar-refractivity contribution < 1.29 is 27.9 Å². The third-order valence-corrected chi connectivity index (χ3v) is 6.37. The first-order valence-corrected chi connectivity index (χ1v) is 13.2. The number of aromatic amines is 1. The maximum atomic E-state index is 14.4. The number of ketones is 1. The highest BCUT2D eigenvalue weighted by atomic mass is 19.1. The van der Waals surface area contributed by atoms with Gasteiger partial charge in [-0.1, -0.05) is 25.5 Å². The SMILES string of the molecule is CCCc1c(F)cc(F)c2nc(Cn3cccc(CC(=O)[C@H](CC/C=C/C(=O)N(C)C)OC(=O)N(C)C)c3=O)[nH]c12. The molecule has 1 N–H and O–H groups in total. The van der Waals surface area contributed by atoms with Crippen LogP contribution < -0.4 is 5.56 Å². The summed E-state index contributed by atoms with van der Waals surface area (Å²) in [6.07, 6.45) is 3.77. The molecule has 1 atom stereocenters. The molecule has 0 spiro atoms. The summed E-state index contributed by atoms with van der Waals surface area (Å²) >= 11 is 0. The highest BCUT2D eigenvalue weighted by Gasteiger charge is 2.25. The van der Waals surface area contributed by atoms with Crippen LogP contribution in [0.5, 0.6) is 0 Å². The minimum Gasteiger partial charge on any atom is -0.438 e. The van der Waals surface area contributed by atoms with Crippen LogP contribution in [0, 0.1) is 11.6 Å². The van der Waals surface area contributed by atoms with Crippen molar-refractivity contribution in [2.24, 2.45) is 0 Å². The van der Waals surface area contributed by atoms with Crippen molar-refractivity contribution in [2.75, 3.05) is 28.2 Å². The number of hydrogen-bond donors (Lipinski definition) is 1. The third kappa shape index (κ3) is 7.86. The minimum atomic E-state index is -1.14. The lowest BCUT2D eigenvalue weighted by Gasteiger charge is -2.19. The van der Waals surface area contributed by atoms with Crippen molar-refractivity contribution >= 4 is 28.8 Å². The first kappa shape index (κ1) is 31.2. The van der Waals surface area contributed by atoms with Gasteiger partial charge in [0.25, 0.3) is 5.56 Å². The van der Waals surface area contributed by atoms with Crippen LogP contribution in [0.15, 0.2) is 41.3 Å². The number of fused-ring (bicyclic) bond motifs is 1. The highest BCUT2D eigenvalue weighted by Crippen LogP contribution is 2.24. The smallest absolute Gasteiger partial charge is 0.409 e.